The summed E-state index contributed by atoms with van der Waals surface area (Å²) in [6.07, 6.45) is 1.65. The summed E-state index contributed by atoms with van der Waals surface area (Å²) in [5, 5.41) is 4.48. The van der Waals surface area contributed by atoms with E-state index in [1.165, 1.54) is 4.68 Å². The molecule has 0 aliphatic heterocycles. The number of benzene rings is 3. The summed E-state index contributed by atoms with van der Waals surface area (Å²) in [6, 6.07) is 30.3. The molecule has 0 fully saturated rings. The zero-order valence-electron chi connectivity index (χ0n) is 16.8. The Kier molecular flexibility index (Phi) is 4.68. The van der Waals surface area contributed by atoms with E-state index in [4.69, 9.17) is 11.6 Å². The van der Waals surface area contributed by atoms with E-state index in [0.29, 0.717) is 5.52 Å². The van der Waals surface area contributed by atoms with Gasteiger partial charge in [-0.15, -0.1) is 0 Å². The molecule has 0 saturated carbocycles. The van der Waals surface area contributed by atoms with Crippen molar-refractivity contribution >= 4 is 22.6 Å². The van der Waals surface area contributed by atoms with Gasteiger partial charge in [-0.05, 0) is 28.3 Å². The van der Waals surface area contributed by atoms with Crippen LogP contribution in [0, 0.1) is 0 Å². The van der Waals surface area contributed by atoms with E-state index in [1.54, 1.807) is 13.2 Å². The van der Waals surface area contributed by atoms with Crippen LogP contribution in [0.3, 0.4) is 0 Å². The van der Waals surface area contributed by atoms with Crippen molar-refractivity contribution in [1.82, 2.24) is 19.3 Å². The smallest absolute Gasteiger partial charge is 0.294 e. The Labute approximate surface area is 184 Å². The number of hydrogen-bond acceptors (Lipinski definition) is 3. The Hall–Kier alpha value is -3.70. The van der Waals surface area contributed by atoms with Gasteiger partial charge < -0.3 is 0 Å². The number of rotatable bonds is 4. The molecule has 5 nitrogen and oxygen atoms in total. The highest BCUT2D eigenvalue weighted by Gasteiger charge is 2.41. The molecule has 0 spiro atoms. The Morgan fingerprint density at radius 2 is 1.23 bits per heavy atom. The second kappa shape index (κ2) is 7.52. The number of nitrogens with zero attached hydrogens (tertiary/aromatic N) is 4. The van der Waals surface area contributed by atoms with Gasteiger partial charge in [0.05, 0.1) is 11.7 Å². The summed E-state index contributed by atoms with van der Waals surface area (Å²) >= 11 is 6.80. The molecule has 2 aromatic heterocycles. The van der Waals surface area contributed by atoms with Gasteiger partial charge in [0, 0.05) is 7.05 Å². The van der Waals surface area contributed by atoms with Gasteiger partial charge in [0.25, 0.3) is 5.56 Å². The summed E-state index contributed by atoms with van der Waals surface area (Å²) in [5.41, 5.74) is 2.70. The van der Waals surface area contributed by atoms with Gasteiger partial charge in [0.1, 0.15) is 5.54 Å². The molecule has 31 heavy (non-hydrogen) atoms. The van der Waals surface area contributed by atoms with Gasteiger partial charge in [-0.1, -0.05) is 91.0 Å². The summed E-state index contributed by atoms with van der Waals surface area (Å²) in [7, 11) is 1.60. The fourth-order valence-corrected chi connectivity index (χ4v) is 4.57. The average molecular weight is 427 g/mol. The predicted octanol–water partition coefficient (Wildman–Crippen LogP) is 4.62. The monoisotopic (exact) mass is 426 g/mol. The van der Waals surface area contributed by atoms with Crippen molar-refractivity contribution in [1.29, 1.82) is 0 Å². The molecule has 0 N–H and O–H groups in total. The fourth-order valence-electron chi connectivity index (χ4n) is 4.27. The van der Waals surface area contributed by atoms with Crippen molar-refractivity contribution in [3.8, 4) is 0 Å². The quantitative estimate of drug-likeness (QED) is 0.394. The van der Waals surface area contributed by atoms with Crippen LogP contribution in [0.1, 0.15) is 16.7 Å². The van der Waals surface area contributed by atoms with E-state index in [1.807, 2.05) is 59.2 Å². The van der Waals surface area contributed by atoms with Crippen LogP contribution in [0.2, 0.25) is 5.28 Å². The lowest BCUT2D eigenvalue weighted by Crippen LogP contribution is -2.38. The highest BCUT2D eigenvalue weighted by molar-refractivity contribution is 6.29. The van der Waals surface area contributed by atoms with E-state index in [2.05, 4.69) is 46.5 Å². The largest absolute Gasteiger partial charge is 0.294 e. The number of imidazole rings is 1. The molecule has 0 amide bonds. The third kappa shape index (κ3) is 2.89. The van der Waals surface area contributed by atoms with Crippen LogP contribution >= 0.6 is 11.6 Å². The van der Waals surface area contributed by atoms with Crippen molar-refractivity contribution in [2.24, 2.45) is 7.05 Å². The van der Waals surface area contributed by atoms with Gasteiger partial charge in [-0.3, -0.25) is 9.36 Å². The molecule has 0 unspecified atom stereocenters. The molecule has 2 heterocycles. The molecule has 0 aliphatic carbocycles. The van der Waals surface area contributed by atoms with E-state index < -0.39 is 5.54 Å². The van der Waals surface area contributed by atoms with Crippen LogP contribution < -0.4 is 5.56 Å². The minimum atomic E-state index is -0.857. The van der Waals surface area contributed by atoms with Crippen molar-refractivity contribution in [3.05, 3.63) is 130 Å². The summed E-state index contributed by atoms with van der Waals surface area (Å²) in [5.74, 6) is 0. The summed E-state index contributed by atoms with van der Waals surface area (Å²) < 4.78 is 3.18. The predicted molar refractivity (Wildman–Crippen MR) is 122 cm³/mol. The average Bonchev–Trinajstić information content (AvgIpc) is 3.16. The Bertz CT molecular complexity index is 1310. The molecule has 0 radical (unpaired) electrons. The normalized spacial score (nSPS) is 11.7. The first-order chi connectivity index (χ1) is 15.1. The van der Waals surface area contributed by atoms with E-state index in [-0.39, 0.29) is 16.4 Å². The minimum Gasteiger partial charge on any atom is -0.294 e. The SMILES string of the molecule is Cn1ncc2c(nc(Cl)n2C(c2ccccc2)(c2ccccc2)c2ccccc2)c1=O. The topological polar surface area (TPSA) is 52.7 Å². The standard InChI is InChI=1S/C25H19ClN4O/c1-29-23(31)22-21(17-27-29)30(24(26)28-22)25(18-11-5-2-6-12-18,19-13-7-3-8-14-19)20-15-9-4-10-16-20/h2-17H,1H3. The van der Waals surface area contributed by atoms with Crippen LogP contribution in [-0.2, 0) is 12.6 Å². The second-order valence-corrected chi connectivity index (χ2v) is 7.67. The number of aryl methyl sites for hydroxylation is 1. The third-order valence-corrected chi connectivity index (χ3v) is 5.89. The van der Waals surface area contributed by atoms with Crippen LogP contribution in [0.5, 0.6) is 0 Å². The lowest BCUT2D eigenvalue weighted by Gasteiger charge is -2.38. The van der Waals surface area contributed by atoms with Crippen molar-refractivity contribution < 1.29 is 0 Å². The molecule has 0 saturated heterocycles. The Morgan fingerprint density at radius 3 is 1.68 bits per heavy atom. The molecule has 0 atom stereocenters. The highest BCUT2D eigenvalue weighted by atomic mass is 35.5. The lowest BCUT2D eigenvalue weighted by molar-refractivity contribution is 0.529. The molecule has 6 heteroatoms. The summed E-state index contributed by atoms with van der Waals surface area (Å²) in [4.78, 5) is 17.3. The molecular formula is C25H19ClN4O. The lowest BCUT2D eigenvalue weighted by atomic mass is 9.76. The van der Waals surface area contributed by atoms with Gasteiger partial charge in [-0.25, -0.2) is 9.67 Å². The minimum absolute atomic E-state index is 0.219. The molecule has 5 rings (SSSR count). The maximum absolute atomic E-state index is 12.8. The van der Waals surface area contributed by atoms with Crippen LogP contribution in [0.15, 0.2) is 102 Å². The number of fused-ring (bicyclic) bond motifs is 1. The number of hydrogen-bond donors (Lipinski definition) is 0. The van der Waals surface area contributed by atoms with Gasteiger partial charge in [0.15, 0.2) is 5.52 Å². The van der Waals surface area contributed by atoms with Crippen LogP contribution in [0.4, 0.5) is 0 Å². The van der Waals surface area contributed by atoms with Gasteiger partial charge in [-0.2, -0.15) is 5.10 Å². The van der Waals surface area contributed by atoms with E-state index in [9.17, 15) is 4.79 Å². The Morgan fingerprint density at radius 1 is 0.774 bits per heavy atom. The number of halogens is 1. The summed E-state index contributed by atoms with van der Waals surface area (Å²) in [6.45, 7) is 0. The molecule has 3 aromatic carbocycles. The van der Waals surface area contributed by atoms with E-state index in [0.717, 1.165) is 16.7 Å². The molecule has 0 aliphatic rings. The van der Waals surface area contributed by atoms with E-state index >= 15 is 0 Å². The molecule has 5 aromatic rings. The van der Waals surface area contributed by atoms with Gasteiger partial charge in [0.2, 0.25) is 5.28 Å². The number of aromatic nitrogens is 4. The zero-order chi connectivity index (χ0) is 21.4. The Balaban J connectivity index is 2.02. The molecule has 0 bridgehead atoms. The first-order valence-electron chi connectivity index (χ1n) is 9.91. The van der Waals surface area contributed by atoms with Crippen molar-refractivity contribution in [2.75, 3.05) is 0 Å². The molecular weight excluding hydrogens is 408 g/mol. The second-order valence-electron chi connectivity index (χ2n) is 7.33. The third-order valence-electron chi connectivity index (χ3n) is 5.63. The highest BCUT2D eigenvalue weighted by Crippen LogP contribution is 2.44. The first kappa shape index (κ1) is 19.3. The first-order valence-corrected chi connectivity index (χ1v) is 10.3. The maximum Gasteiger partial charge on any atom is 0.294 e. The van der Waals surface area contributed by atoms with Crippen LogP contribution in [-0.4, -0.2) is 19.3 Å². The maximum atomic E-state index is 12.8. The fraction of sp³-hybridized carbons (Fsp3) is 0.0800. The zero-order valence-corrected chi connectivity index (χ0v) is 17.6. The van der Waals surface area contributed by atoms with Crippen molar-refractivity contribution in [3.63, 3.8) is 0 Å². The van der Waals surface area contributed by atoms with Crippen LogP contribution in [0.25, 0.3) is 11.0 Å². The molecule has 152 valence electrons. The van der Waals surface area contributed by atoms with Gasteiger partial charge >= 0.3 is 0 Å². The van der Waals surface area contributed by atoms with Crippen molar-refractivity contribution in [2.45, 2.75) is 5.54 Å².